The van der Waals surface area contributed by atoms with E-state index in [-0.39, 0.29) is 37.2 Å². The molecule has 0 unspecified atom stereocenters. The van der Waals surface area contributed by atoms with Crippen LogP contribution in [0.25, 0.3) is 20.2 Å². The van der Waals surface area contributed by atoms with Crippen LogP contribution in [0.1, 0.15) is 56.2 Å². The molecule has 4 aromatic rings. The lowest BCUT2D eigenvalue weighted by molar-refractivity contribution is -0.137. The van der Waals surface area contributed by atoms with Crippen molar-refractivity contribution in [1.29, 1.82) is 0 Å². The number of rotatable bonds is 14. The van der Waals surface area contributed by atoms with Gasteiger partial charge in [-0.25, -0.2) is 0 Å². The summed E-state index contributed by atoms with van der Waals surface area (Å²) in [6, 6.07) is 11.3. The second-order valence-corrected chi connectivity index (χ2v) is 11.5. The Labute approximate surface area is 238 Å². The molecule has 8 nitrogen and oxygen atoms in total. The highest BCUT2D eigenvalue weighted by Crippen LogP contribution is 2.36. The van der Waals surface area contributed by atoms with Gasteiger partial charge < -0.3 is 19.7 Å². The van der Waals surface area contributed by atoms with Crippen LogP contribution in [0.15, 0.2) is 48.6 Å². The molecule has 2 aromatic carbocycles. The van der Waals surface area contributed by atoms with E-state index in [1.54, 1.807) is 26.4 Å². The number of methoxy groups -OCH3 is 2. The summed E-state index contributed by atoms with van der Waals surface area (Å²) in [4.78, 5) is 47.6. The van der Waals surface area contributed by atoms with Gasteiger partial charge in [0.1, 0.15) is 11.5 Å². The van der Waals surface area contributed by atoms with Crippen LogP contribution in [0.2, 0.25) is 0 Å². The lowest BCUT2D eigenvalue weighted by atomic mass is 9.97. The summed E-state index contributed by atoms with van der Waals surface area (Å²) in [6.07, 6.45) is 0.533. The molecule has 0 aliphatic carbocycles. The van der Waals surface area contributed by atoms with Gasteiger partial charge in [-0.2, -0.15) is 0 Å². The van der Waals surface area contributed by atoms with Gasteiger partial charge in [-0.1, -0.05) is 12.2 Å². The van der Waals surface area contributed by atoms with E-state index >= 15 is 0 Å². The van der Waals surface area contributed by atoms with Gasteiger partial charge >= 0.3 is 11.9 Å². The maximum atomic E-state index is 12.4. The molecule has 4 rings (SSSR count). The second-order valence-electron chi connectivity index (χ2n) is 9.36. The number of ketones is 2. The van der Waals surface area contributed by atoms with Crippen molar-refractivity contribution in [3.63, 3.8) is 0 Å². The lowest BCUT2D eigenvalue weighted by Gasteiger charge is -2.13. The van der Waals surface area contributed by atoms with Crippen molar-refractivity contribution in [3.8, 4) is 11.5 Å². The van der Waals surface area contributed by atoms with Gasteiger partial charge in [0.25, 0.3) is 0 Å². The number of Topliss-reactive ketones (excluding diaryl/α,β-unsaturated/α-hetero) is 2. The van der Waals surface area contributed by atoms with Gasteiger partial charge in [0.2, 0.25) is 0 Å². The summed E-state index contributed by atoms with van der Waals surface area (Å²) in [5.41, 5.74) is 2.71. The molecule has 208 valence electrons. The molecule has 40 heavy (non-hydrogen) atoms. The summed E-state index contributed by atoms with van der Waals surface area (Å²) in [6.45, 7) is 4.28. The number of fused-ring (bicyclic) bond motifs is 2. The van der Waals surface area contributed by atoms with E-state index in [0.29, 0.717) is 34.1 Å². The van der Waals surface area contributed by atoms with Crippen LogP contribution in [0.5, 0.6) is 11.5 Å². The van der Waals surface area contributed by atoms with Crippen LogP contribution in [-0.4, -0.2) is 47.9 Å². The molecular weight excluding hydrogens is 552 g/mol. The van der Waals surface area contributed by atoms with Gasteiger partial charge in [-0.05, 0) is 71.1 Å². The van der Waals surface area contributed by atoms with E-state index in [9.17, 15) is 19.2 Å². The third kappa shape index (κ3) is 6.75. The van der Waals surface area contributed by atoms with Crippen molar-refractivity contribution >= 4 is 66.4 Å². The zero-order valence-electron chi connectivity index (χ0n) is 22.1. The normalized spacial score (nSPS) is 11.1. The highest BCUT2D eigenvalue weighted by molar-refractivity contribution is 7.21. The number of allylic oxidation sites excluding steroid dienone is 1. The minimum absolute atomic E-state index is 0.0444. The van der Waals surface area contributed by atoms with Crippen LogP contribution >= 0.6 is 22.7 Å². The van der Waals surface area contributed by atoms with Crippen LogP contribution in [0.3, 0.4) is 0 Å². The molecular formula is C30H28O8S2. The Kier molecular flexibility index (Phi) is 9.01. The van der Waals surface area contributed by atoms with E-state index in [0.717, 1.165) is 36.9 Å². The Bertz CT molecular complexity index is 1520. The number of hydrogen-bond donors (Lipinski definition) is 2. The summed E-state index contributed by atoms with van der Waals surface area (Å²) in [5.74, 6) is -1.06. The quantitative estimate of drug-likeness (QED) is 0.127. The molecule has 0 atom stereocenters. The number of ether oxygens (including phenoxy) is 2. The number of benzene rings is 2. The average Bonchev–Trinajstić information content (AvgIpc) is 3.52. The number of carboxylic acid groups (broad SMARTS) is 2. The first kappa shape index (κ1) is 29.0. The van der Waals surface area contributed by atoms with Crippen LogP contribution in [0, 0.1) is 0 Å². The van der Waals surface area contributed by atoms with Crippen LogP contribution in [-0.2, 0) is 22.4 Å². The van der Waals surface area contributed by atoms with Gasteiger partial charge in [0, 0.05) is 22.2 Å². The van der Waals surface area contributed by atoms with Crippen molar-refractivity contribution in [2.45, 2.75) is 38.5 Å². The Balaban J connectivity index is 1.54. The van der Waals surface area contributed by atoms with Crippen LogP contribution < -0.4 is 9.47 Å². The number of thiophene rings is 2. The third-order valence-electron chi connectivity index (χ3n) is 6.40. The predicted molar refractivity (Wildman–Crippen MR) is 156 cm³/mol. The molecule has 0 aliphatic rings. The summed E-state index contributed by atoms with van der Waals surface area (Å²) >= 11 is 2.64. The first-order chi connectivity index (χ1) is 19.1. The van der Waals surface area contributed by atoms with Gasteiger partial charge in [0.05, 0.1) is 36.8 Å². The predicted octanol–water partition coefficient (Wildman–Crippen LogP) is 6.57. The van der Waals surface area contributed by atoms with Gasteiger partial charge in [-0.15, -0.1) is 22.7 Å². The topological polar surface area (TPSA) is 127 Å². The molecule has 0 saturated carbocycles. The first-order valence-electron chi connectivity index (χ1n) is 12.5. The third-order valence-corrected chi connectivity index (χ3v) is 8.68. The molecule has 0 radical (unpaired) electrons. The second kappa shape index (κ2) is 12.4. The average molecular weight is 581 g/mol. The molecule has 2 heterocycles. The fourth-order valence-electron chi connectivity index (χ4n) is 4.45. The SMILES string of the molecule is C=C(Cc1cc2cc(C(=O)CCC(=O)O)sc2cc1OC)Cc1cc2cc(C(=O)CCC(=O)O)sc2cc1OC. The standard InChI is InChI=1S/C30H28O8S2/c1-16(8-17-10-19-12-27(21(31)4-6-29(33)34)39-25(19)14-23(17)37-2)9-18-11-20-13-28(22(32)5-7-30(35)36)40-26(20)15-24(18)38-3/h10-15H,1,4-9H2,2-3H3,(H,33,34)(H,35,36). The summed E-state index contributed by atoms with van der Waals surface area (Å²) in [5, 5.41) is 19.5. The molecule has 0 bridgehead atoms. The number of aliphatic carboxylic acids is 2. The Morgan fingerprint density at radius 3 is 1.43 bits per heavy atom. The van der Waals surface area contributed by atoms with Crippen molar-refractivity contribution in [2.24, 2.45) is 0 Å². The number of hydrogen-bond acceptors (Lipinski definition) is 8. The van der Waals surface area contributed by atoms with E-state index in [1.807, 2.05) is 24.3 Å². The highest BCUT2D eigenvalue weighted by Gasteiger charge is 2.17. The van der Waals surface area contributed by atoms with Gasteiger partial charge in [-0.3, -0.25) is 19.2 Å². The molecule has 0 amide bonds. The number of carboxylic acids is 2. The molecule has 2 aromatic heterocycles. The summed E-state index contributed by atoms with van der Waals surface area (Å²) < 4.78 is 13.0. The smallest absolute Gasteiger partial charge is 0.303 e. The minimum atomic E-state index is -1.00. The number of carbonyl (C=O) groups is 4. The maximum Gasteiger partial charge on any atom is 0.303 e. The molecule has 0 spiro atoms. The Morgan fingerprint density at radius 2 is 1.07 bits per heavy atom. The lowest BCUT2D eigenvalue weighted by Crippen LogP contribution is -2.01. The zero-order valence-corrected chi connectivity index (χ0v) is 23.7. The van der Waals surface area contributed by atoms with E-state index in [4.69, 9.17) is 19.7 Å². The van der Waals surface area contributed by atoms with Crippen molar-refractivity contribution in [3.05, 3.63) is 69.4 Å². The van der Waals surface area contributed by atoms with E-state index in [1.165, 1.54) is 22.7 Å². The minimum Gasteiger partial charge on any atom is -0.496 e. The van der Waals surface area contributed by atoms with Crippen molar-refractivity contribution in [2.75, 3.05) is 14.2 Å². The van der Waals surface area contributed by atoms with Crippen LogP contribution in [0.4, 0.5) is 0 Å². The molecule has 2 N–H and O–H groups in total. The molecule has 0 saturated heterocycles. The Morgan fingerprint density at radius 1 is 0.675 bits per heavy atom. The Hall–Kier alpha value is -4.02. The number of carbonyl (C=O) groups excluding carboxylic acids is 2. The van der Waals surface area contributed by atoms with E-state index < -0.39 is 11.9 Å². The zero-order chi connectivity index (χ0) is 29.0. The van der Waals surface area contributed by atoms with E-state index in [2.05, 4.69) is 6.58 Å². The van der Waals surface area contributed by atoms with Crippen molar-refractivity contribution in [1.82, 2.24) is 0 Å². The monoisotopic (exact) mass is 580 g/mol. The first-order valence-corrected chi connectivity index (χ1v) is 14.1. The highest BCUT2D eigenvalue weighted by atomic mass is 32.1. The molecule has 0 aliphatic heterocycles. The fraction of sp³-hybridized carbons (Fsp3) is 0.267. The van der Waals surface area contributed by atoms with Crippen molar-refractivity contribution < 1.29 is 38.9 Å². The summed E-state index contributed by atoms with van der Waals surface area (Å²) in [7, 11) is 3.17. The molecule has 10 heteroatoms. The molecule has 0 fully saturated rings. The fourth-order valence-corrected chi connectivity index (χ4v) is 6.53. The maximum absolute atomic E-state index is 12.4. The largest absolute Gasteiger partial charge is 0.496 e. The van der Waals surface area contributed by atoms with Gasteiger partial charge in [0.15, 0.2) is 11.6 Å².